The van der Waals surface area contributed by atoms with Crippen LogP contribution in [0.4, 0.5) is 11.4 Å². The Kier molecular flexibility index (Phi) is 4.94. The molecular weight excluding hydrogens is 360 g/mol. The van der Waals surface area contributed by atoms with Gasteiger partial charge in [-0.05, 0) is 24.3 Å². The van der Waals surface area contributed by atoms with Crippen LogP contribution in [0.15, 0.2) is 58.1 Å². The lowest BCUT2D eigenvalue weighted by Gasteiger charge is -2.30. The molecule has 8 heteroatoms. The Morgan fingerprint density at radius 2 is 1.75 bits per heavy atom. The van der Waals surface area contributed by atoms with Gasteiger partial charge in [0.05, 0.1) is 35.5 Å². The third-order valence-electron chi connectivity index (χ3n) is 4.72. The number of carbonyl (C=O) groups excluding carboxylic acids is 1. The van der Waals surface area contributed by atoms with E-state index in [1.807, 2.05) is 18.2 Å². The van der Waals surface area contributed by atoms with Crippen LogP contribution in [0, 0.1) is 0 Å². The number of para-hydroxylation sites is 3. The molecule has 8 nitrogen and oxygen atoms in total. The molecule has 1 saturated heterocycles. The van der Waals surface area contributed by atoms with Crippen molar-refractivity contribution in [3.8, 4) is 0 Å². The number of hydrogen-bond acceptors (Lipinski definition) is 5. The van der Waals surface area contributed by atoms with E-state index >= 15 is 0 Å². The van der Waals surface area contributed by atoms with E-state index in [4.69, 9.17) is 4.74 Å². The third kappa shape index (κ3) is 3.54. The van der Waals surface area contributed by atoms with Gasteiger partial charge >= 0.3 is 5.69 Å². The number of carbonyl (C=O) groups is 1. The van der Waals surface area contributed by atoms with Crippen LogP contribution in [0.3, 0.4) is 0 Å². The zero-order valence-electron chi connectivity index (χ0n) is 15.2. The van der Waals surface area contributed by atoms with Crippen molar-refractivity contribution >= 4 is 28.2 Å². The molecule has 0 aliphatic carbocycles. The number of ether oxygens (including phenoxy) is 1. The van der Waals surface area contributed by atoms with Crippen molar-refractivity contribution in [2.24, 2.45) is 0 Å². The highest BCUT2D eigenvalue weighted by Crippen LogP contribution is 2.26. The number of benzene rings is 2. The van der Waals surface area contributed by atoms with E-state index in [9.17, 15) is 14.4 Å². The molecule has 0 unspecified atom stereocenters. The fourth-order valence-corrected chi connectivity index (χ4v) is 3.34. The van der Waals surface area contributed by atoms with Gasteiger partial charge in [0.25, 0.3) is 5.56 Å². The quantitative estimate of drug-likeness (QED) is 0.708. The van der Waals surface area contributed by atoms with Gasteiger partial charge in [-0.3, -0.25) is 14.2 Å². The molecule has 2 heterocycles. The highest BCUT2D eigenvalue weighted by atomic mass is 16.5. The minimum Gasteiger partial charge on any atom is -0.378 e. The summed E-state index contributed by atoms with van der Waals surface area (Å²) >= 11 is 0. The Balaban J connectivity index is 1.59. The van der Waals surface area contributed by atoms with Gasteiger partial charge in [-0.1, -0.05) is 24.3 Å². The molecule has 0 bridgehead atoms. The number of aromatic amines is 1. The smallest absolute Gasteiger partial charge is 0.329 e. The second kappa shape index (κ2) is 7.69. The summed E-state index contributed by atoms with van der Waals surface area (Å²) in [7, 11) is 0. The van der Waals surface area contributed by atoms with Gasteiger partial charge in [-0.25, -0.2) is 4.79 Å². The average molecular weight is 380 g/mol. The summed E-state index contributed by atoms with van der Waals surface area (Å²) in [6.07, 6.45) is 0. The van der Waals surface area contributed by atoms with Gasteiger partial charge in [-0.15, -0.1) is 0 Å². The summed E-state index contributed by atoms with van der Waals surface area (Å²) in [4.78, 5) is 42.2. The molecule has 2 N–H and O–H groups in total. The number of anilines is 2. The summed E-state index contributed by atoms with van der Waals surface area (Å²) in [5.41, 5.74) is 0.877. The predicted molar refractivity (Wildman–Crippen MR) is 107 cm³/mol. The Labute approximate surface area is 160 Å². The van der Waals surface area contributed by atoms with Crippen molar-refractivity contribution in [2.75, 3.05) is 36.5 Å². The molecule has 2 aromatic carbocycles. The van der Waals surface area contributed by atoms with Crippen molar-refractivity contribution in [3.05, 3.63) is 69.4 Å². The summed E-state index contributed by atoms with van der Waals surface area (Å²) in [6, 6.07) is 14.2. The van der Waals surface area contributed by atoms with E-state index in [0.29, 0.717) is 29.8 Å². The van der Waals surface area contributed by atoms with E-state index in [2.05, 4.69) is 15.2 Å². The molecule has 1 fully saturated rings. The van der Waals surface area contributed by atoms with Gasteiger partial charge < -0.3 is 19.9 Å². The number of nitrogens with one attached hydrogen (secondary N) is 2. The average Bonchev–Trinajstić information content (AvgIpc) is 2.72. The first kappa shape index (κ1) is 18.0. The van der Waals surface area contributed by atoms with Crippen molar-refractivity contribution in [2.45, 2.75) is 6.54 Å². The Hall–Kier alpha value is -3.39. The number of nitrogens with zero attached hydrogens (tertiary/aromatic N) is 2. The second-order valence-electron chi connectivity index (χ2n) is 6.53. The predicted octanol–water partition coefficient (Wildman–Crippen LogP) is 1.17. The van der Waals surface area contributed by atoms with Gasteiger partial charge in [0.15, 0.2) is 0 Å². The largest absolute Gasteiger partial charge is 0.378 e. The molecule has 1 amide bonds. The third-order valence-corrected chi connectivity index (χ3v) is 4.72. The number of morpholine rings is 1. The molecule has 28 heavy (non-hydrogen) atoms. The summed E-state index contributed by atoms with van der Waals surface area (Å²) in [5.74, 6) is -0.441. The fourth-order valence-electron chi connectivity index (χ4n) is 3.34. The Morgan fingerprint density at radius 3 is 2.57 bits per heavy atom. The van der Waals surface area contributed by atoms with Crippen LogP contribution >= 0.6 is 0 Å². The molecule has 144 valence electrons. The standard InChI is InChI=1S/C20H20N4O4/c25-18(13-24-19(26)14-5-1-2-6-15(14)22-20(24)27)21-16-7-3-4-8-17(16)23-9-11-28-12-10-23/h1-8H,9-13H2,(H,21,25)(H,22,27). The van der Waals surface area contributed by atoms with Gasteiger partial charge in [-0.2, -0.15) is 0 Å². The van der Waals surface area contributed by atoms with Crippen molar-refractivity contribution in [1.29, 1.82) is 0 Å². The van der Waals surface area contributed by atoms with Crippen LogP contribution in [-0.4, -0.2) is 41.8 Å². The van der Waals surface area contributed by atoms with Gasteiger partial charge in [0, 0.05) is 13.1 Å². The molecule has 0 spiro atoms. The highest BCUT2D eigenvalue weighted by Gasteiger charge is 2.17. The molecule has 1 aliphatic heterocycles. The second-order valence-corrected chi connectivity index (χ2v) is 6.53. The Bertz CT molecular complexity index is 1130. The first-order valence-electron chi connectivity index (χ1n) is 9.07. The van der Waals surface area contributed by atoms with E-state index < -0.39 is 17.2 Å². The number of rotatable bonds is 4. The lowest BCUT2D eigenvalue weighted by Crippen LogP contribution is -2.39. The molecule has 4 rings (SSSR count). The van der Waals surface area contributed by atoms with Crippen molar-refractivity contribution in [1.82, 2.24) is 9.55 Å². The molecule has 0 atom stereocenters. The molecular formula is C20H20N4O4. The van der Waals surface area contributed by atoms with E-state index in [1.165, 1.54) is 0 Å². The molecule has 3 aromatic rings. The van der Waals surface area contributed by atoms with E-state index in [0.717, 1.165) is 23.3 Å². The van der Waals surface area contributed by atoms with Crippen molar-refractivity contribution in [3.63, 3.8) is 0 Å². The Morgan fingerprint density at radius 1 is 1.04 bits per heavy atom. The molecule has 0 saturated carbocycles. The first-order valence-corrected chi connectivity index (χ1v) is 9.07. The maximum absolute atomic E-state index is 12.6. The van der Waals surface area contributed by atoms with Crippen LogP contribution in [0.2, 0.25) is 0 Å². The minimum atomic E-state index is -0.611. The van der Waals surface area contributed by atoms with E-state index in [1.54, 1.807) is 30.3 Å². The number of aromatic nitrogens is 2. The molecule has 0 radical (unpaired) electrons. The monoisotopic (exact) mass is 380 g/mol. The SMILES string of the molecule is O=C(Cn1c(=O)[nH]c2ccccc2c1=O)Nc1ccccc1N1CCOCC1. The minimum absolute atomic E-state index is 0.364. The lowest BCUT2D eigenvalue weighted by atomic mass is 10.2. The number of H-pyrrole nitrogens is 1. The molecule has 1 aromatic heterocycles. The summed E-state index contributed by atoms with van der Waals surface area (Å²) in [6.45, 7) is 2.36. The molecule has 1 aliphatic rings. The zero-order valence-corrected chi connectivity index (χ0v) is 15.2. The van der Waals surface area contributed by atoms with E-state index in [-0.39, 0.29) is 6.54 Å². The first-order chi connectivity index (χ1) is 13.6. The van der Waals surface area contributed by atoms with Crippen molar-refractivity contribution < 1.29 is 9.53 Å². The van der Waals surface area contributed by atoms with Crippen LogP contribution < -0.4 is 21.5 Å². The summed E-state index contributed by atoms with van der Waals surface area (Å²) < 4.78 is 6.29. The fraction of sp³-hybridized carbons (Fsp3) is 0.250. The normalized spacial score (nSPS) is 14.2. The lowest BCUT2D eigenvalue weighted by molar-refractivity contribution is -0.116. The van der Waals surface area contributed by atoms with Crippen LogP contribution in [0.1, 0.15) is 0 Å². The van der Waals surface area contributed by atoms with Gasteiger partial charge in [0.2, 0.25) is 5.91 Å². The number of amides is 1. The zero-order chi connectivity index (χ0) is 19.5. The number of hydrogen-bond donors (Lipinski definition) is 2. The van der Waals surface area contributed by atoms with Crippen LogP contribution in [-0.2, 0) is 16.1 Å². The topological polar surface area (TPSA) is 96.4 Å². The number of fused-ring (bicyclic) bond motifs is 1. The van der Waals surface area contributed by atoms with Crippen LogP contribution in [0.25, 0.3) is 10.9 Å². The highest BCUT2D eigenvalue weighted by molar-refractivity contribution is 5.94. The van der Waals surface area contributed by atoms with Crippen LogP contribution in [0.5, 0.6) is 0 Å². The maximum Gasteiger partial charge on any atom is 0.329 e. The summed E-state index contributed by atoms with van der Waals surface area (Å²) in [5, 5.41) is 3.19. The van der Waals surface area contributed by atoms with Gasteiger partial charge in [0.1, 0.15) is 6.54 Å². The maximum atomic E-state index is 12.6.